The van der Waals surface area contributed by atoms with Crippen LogP contribution in [0.2, 0.25) is 5.82 Å². The van der Waals surface area contributed by atoms with E-state index in [9.17, 15) is 33.9 Å². The van der Waals surface area contributed by atoms with Gasteiger partial charge in [-0.05, 0) is 97.8 Å². The van der Waals surface area contributed by atoms with E-state index >= 15 is 0 Å². The van der Waals surface area contributed by atoms with Gasteiger partial charge in [-0.1, -0.05) is 77.4 Å². The zero-order chi connectivity index (χ0) is 45.3. The number of carbonyl (C=O) groups is 6. The van der Waals surface area contributed by atoms with Crippen molar-refractivity contribution in [2.45, 2.75) is 154 Å². The summed E-state index contributed by atoms with van der Waals surface area (Å²) in [5.74, 6) is -4.06. The third-order valence-electron chi connectivity index (χ3n) is 14.3. The smallest absolute Gasteiger partial charge is 0.405 e. The van der Waals surface area contributed by atoms with Crippen LogP contribution >= 0.6 is 0 Å². The summed E-state index contributed by atoms with van der Waals surface area (Å²) in [4.78, 5) is 81.7. The van der Waals surface area contributed by atoms with Gasteiger partial charge in [0.25, 0.3) is 5.91 Å². The van der Waals surface area contributed by atoms with Crippen LogP contribution in [0, 0.1) is 23.2 Å². The van der Waals surface area contributed by atoms with E-state index in [-0.39, 0.29) is 36.7 Å². The molecule has 15 heteroatoms. The second kappa shape index (κ2) is 19.1. The second-order valence-electron chi connectivity index (χ2n) is 19.4. The van der Waals surface area contributed by atoms with Crippen molar-refractivity contribution < 1.29 is 43.2 Å². The van der Waals surface area contributed by atoms with Crippen molar-refractivity contribution in [2.24, 2.45) is 34.6 Å². The van der Waals surface area contributed by atoms with Crippen LogP contribution < -0.4 is 22.1 Å². The molecule has 3 aliphatic carbocycles. The van der Waals surface area contributed by atoms with Gasteiger partial charge in [0.15, 0.2) is 11.6 Å². The Morgan fingerprint density at radius 1 is 0.887 bits per heavy atom. The molecule has 1 unspecified atom stereocenters. The Bertz CT molecular complexity index is 1990. The number of ketones is 2. The molecule has 0 aromatic heterocycles. The first-order valence-electron chi connectivity index (χ1n) is 22.4. The maximum absolute atomic E-state index is 13.8. The van der Waals surface area contributed by atoms with Crippen molar-refractivity contribution in [3.8, 4) is 11.1 Å². The first-order valence-corrected chi connectivity index (χ1v) is 22.4. The monoisotopic (exact) mass is 855 g/mol. The third kappa shape index (κ3) is 10.0. The van der Waals surface area contributed by atoms with Gasteiger partial charge in [-0.3, -0.25) is 28.8 Å². The molecule has 7 N–H and O–H groups in total. The normalized spacial score (nSPS) is 27.2. The number of amides is 4. The number of hydrogen-bond acceptors (Lipinski definition) is 10. The summed E-state index contributed by atoms with van der Waals surface area (Å²) in [5, 5.41) is 15.9. The average molecular weight is 856 g/mol. The highest BCUT2D eigenvalue weighted by atomic mass is 16.7. The Labute approximate surface area is 366 Å². The molecule has 4 amide bonds. The molecule has 5 fully saturated rings. The minimum Gasteiger partial charge on any atom is -0.405 e. The fraction of sp³-hybridized carbons (Fsp3) is 0.617. The van der Waals surface area contributed by atoms with Gasteiger partial charge in [0.2, 0.25) is 17.7 Å². The highest BCUT2D eigenvalue weighted by Gasteiger charge is 2.68. The molecule has 14 nitrogen and oxygen atoms in total. The number of aliphatic hydroxyl groups excluding tert-OH is 1. The number of Topliss-reactive ketones (excluding diaryl/α,β-unsaturated/α-hetero) is 2. The standard InChI is InChI=1S/C47H66BN5O9/c1-8-9-10-29-11-13-30(14-12-29)31-15-17-32(18-16-31)45(60)53-25-34(49)23-36(53)44(59)52-42(28(4)54)38(56)19-26(2)43(58)51-35(24-41(50)57)37(55)20-27(3)48-61-40-22-33-21-39(46(33,5)6)47(40,7)62-48/h11-18,26-28,33-36,39-40,42,54H,8-10,19-25,49H2,1-7H3,(H2,50,57)(H,51,58)(H,52,59)/t26-,27-,28?,33+,34+,35+,36+,39+,40-,42+,47+/m1/s1. The van der Waals surface area contributed by atoms with Crippen molar-refractivity contribution in [3.63, 3.8) is 0 Å². The minimum absolute atomic E-state index is 0.0457. The lowest BCUT2D eigenvalue weighted by molar-refractivity contribution is -0.199. The summed E-state index contributed by atoms with van der Waals surface area (Å²) in [5.41, 5.74) is 15.1. The van der Waals surface area contributed by atoms with E-state index in [1.807, 2.05) is 19.1 Å². The van der Waals surface area contributed by atoms with Crippen molar-refractivity contribution in [1.29, 1.82) is 0 Å². The maximum atomic E-state index is 13.8. The molecule has 5 aliphatic rings. The van der Waals surface area contributed by atoms with Crippen molar-refractivity contribution in [3.05, 3.63) is 59.7 Å². The quantitative estimate of drug-likeness (QED) is 0.127. The molecule has 2 aromatic carbocycles. The van der Waals surface area contributed by atoms with Gasteiger partial charge in [-0.15, -0.1) is 0 Å². The van der Waals surface area contributed by atoms with Crippen LogP contribution in [0.3, 0.4) is 0 Å². The predicted octanol–water partition coefficient (Wildman–Crippen LogP) is 4.14. The molecular weight excluding hydrogens is 789 g/mol. The number of primary amides is 1. The third-order valence-corrected chi connectivity index (χ3v) is 14.3. The number of benzene rings is 2. The Morgan fingerprint density at radius 3 is 2.13 bits per heavy atom. The number of rotatable bonds is 19. The summed E-state index contributed by atoms with van der Waals surface area (Å²) in [6.07, 6.45) is 3.10. The fourth-order valence-electron chi connectivity index (χ4n) is 10.3. The molecule has 2 bridgehead atoms. The van der Waals surface area contributed by atoms with Gasteiger partial charge in [0, 0.05) is 36.9 Å². The van der Waals surface area contributed by atoms with Gasteiger partial charge in [-0.2, -0.15) is 0 Å². The highest BCUT2D eigenvalue weighted by Crippen LogP contribution is 2.66. The zero-order valence-corrected chi connectivity index (χ0v) is 37.4. The van der Waals surface area contributed by atoms with Crippen LogP contribution in [0.4, 0.5) is 0 Å². The predicted molar refractivity (Wildman–Crippen MR) is 235 cm³/mol. The van der Waals surface area contributed by atoms with E-state index in [1.165, 1.54) is 24.3 Å². The van der Waals surface area contributed by atoms with E-state index in [4.69, 9.17) is 20.8 Å². The number of nitrogens with zero attached hydrogens (tertiary/aromatic N) is 1. The van der Waals surface area contributed by atoms with Crippen LogP contribution in [0.25, 0.3) is 11.1 Å². The summed E-state index contributed by atoms with van der Waals surface area (Å²) in [7, 11) is -0.626. The Morgan fingerprint density at radius 2 is 1.53 bits per heavy atom. The average Bonchev–Trinajstić information content (AvgIpc) is 3.81. The van der Waals surface area contributed by atoms with Crippen LogP contribution in [-0.4, -0.2) is 101 Å². The second-order valence-corrected chi connectivity index (χ2v) is 19.4. The largest absolute Gasteiger partial charge is 0.461 e. The number of aliphatic hydroxyl groups is 1. The van der Waals surface area contributed by atoms with Gasteiger partial charge in [0.05, 0.1) is 30.3 Å². The molecule has 0 spiro atoms. The Balaban J connectivity index is 1.03. The molecule has 336 valence electrons. The van der Waals surface area contributed by atoms with Gasteiger partial charge < -0.3 is 41.4 Å². The van der Waals surface area contributed by atoms with Crippen LogP contribution in [0.15, 0.2) is 48.5 Å². The number of nitrogens with two attached hydrogens (primary N) is 2. The number of unbranched alkanes of at least 4 members (excludes halogenated alkanes) is 1. The Hall–Kier alpha value is -4.44. The van der Waals surface area contributed by atoms with E-state index in [0.29, 0.717) is 17.4 Å². The minimum atomic E-state index is -1.41. The first-order chi connectivity index (χ1) is 29.2. The van der Waals surface area contributed by atoms with E-state index in [0.717, 1.165) is 43.2 Å². The summed E-state index contributed by atoms with van der Waals surface area (Å²) in [6, 6.07) is 11.3. The van der Waals surface area contributed by atoms with E-state index in [1.54, 1.807) is 12.1 Å². The number of nitrogens with one attached hydrogen (secondary N) is 2. The molecule has 2 saturated heterocycles. The van der Waals surface area contributed by atoms with Gasteiger partial charge >= 0.3 is 7.12 Å². The lowest BCUT2D eigenvalue weighted by Crippen LogP contribution is -2.65. The molecule has 3 saturated carbocycles. The number of carbonyl (C=O) groups excluding carboxylic acids is 6. The zero-order valence-electron chi connectivity index (χ0n) is 37.4. The summed E-state index contributed by atoms with van der Waals surface area (Å²) >= 11 is 0. The molecule has 2 aromatic rings. The molecule has 11 atom stereocenters. The molecule has 0 radical (unpaired) electrons. The number of likely N-dealkylation sites (tertiary alicyclic amines) is 1. The number of aryl methyl sites for hydroxylation is 1. The topological polar surface area (TPSA) is 220 Å². The maximum Gasteiger partial charge on any atom is 0.461 e. The van der Waals surface area contributed by atoms with Crippen molar-refractivity contribution in [2.75, 3.05) is 6.54 Å². The van der Waals surface area contributed by atoms with E-state index in [2.05, 4.69) is 62.6 Å². The lowest BCUT2D eigenvalue weighted by Gasteiger charge is -2.64. The highest BCUT2D eigenvalue weighted by molar-refractivity contribution is 6.47. The molecular formula is C47H66BN5O9. The SMILES string of the molecule is CCCCc1ccc(-c2ccc(C(=O)N3C[C@@H](N)C[C@H]3C(=O)N[C@H](C(=O)C[C@@H](C)C(=O)N[C@@H](CC(N)=O)C(=O)C[C@@H](C)B3O[C@@H]4C[C@@H]5C[C@@H](C5(C)C)[C@]4(C)O3)C(C)O)cc2)cc1. The summed E-state index contributed by atoms with van der Waals surface area (Å²) in [6.45, 7) is 13.6. The van der Waals surface area contributed by atoms with Crippen molar-refractivity contribution in [1.82, 2.24) is 15.5 Å². The lowest BCUT2D eigenvalue weighted by atomic mass is 9.43. The van der Waals surface area contributed by atoms with Gasteiger partial charge in [-0.25, -0.2) is 0 Å². The molecule has 2 aliphatic heterocycles. The molecule has 2 heterocycles. The van der Waals surface area contributed by atoms with Crippen LogP contribution in [0.1, 0.15) is 116 Å². The molecule has 62 heavy (non-hydrogen) atoms. The van der Waals surface area contributed by atoms with Crippen LogP contribution in [0.5, 0.6) is 0 Å². The molecule has 7 rings (SSSR count). The summed E-state index contributed by atoms with van der Waals surface area (Å²) < 4.78 is 12.9. The van der Waals surface area contributed by atoms with Crippen LogP contribution in [-0.2, 0) is 39.7 Å². The number of hydrogen-bond donors (Lipinski definition) is 5. The fourth-order valence-corrected chi connectivity index (χ4v) is 10.3. The van der Waals surface area contributed by atoms with E-state index < -0.39 is 96.9 Å². The first kappa shape index (κ1) is 47.1. The Kier molecular flexibility index (Phi) is 14.5. The van der Waals surface area contributed by atoms with Crippen molar-refractivity contribution >= 4 is 42.3 Å². The van der Waals surface area contributed by atoms with Gasteiger partial charge in [0.1, 0.15) is 12.1 Å².